The Bertz CT molecular complexity index is 2270. The highest BCUT2D eigenvalue weighted by molar-refractivity contribution is 5.98. The van der Waals surface area contributed by atoms with Gasteiger partial charge in [0.1, 0.15) is 71.8 Å². The van der Waals surface area contributed by atoms with Gasteiger partial charge in [0.15, 0.2) is 0 Å². The smallest absolute Gasteiger partial charge is 0.407 e. The summed E-state index contributed by atoms with van der Waals surface area (Å²) in [6, 6.07) is -0.380. The summed E-state index contributed by atoms with van der Waals surface area (Å²) in [4.78, 5) is 149. The molecule has 452 valence electrons. The van der Waals surface area contributed by atoms with Gasteiger partial charge in [-0.05, 0) is 142 Å². The minimum atomic E-state index is -1.76. The summed E-state index contributed by atoms with van der Waals surface area (Å²) in [5.74, 6) is -9.24. The van der Waals surface area contributed by atoms with E-state index in [1.807, 2.05) is 0 Å². The molecule has 0 spiro atoms. The van der Waals surface area contributed by atoms with E-state index in [0.717, 1.165) is 0 Å². The van der Waals surface area contributed by atoms with Crippen LogP contribution in [0.2, 0.25) is 0 Å². The lowest BCUT2D eigenvalue weighted by atomic mass is 10.0. The van der Waals surface area contributed by atoms with Crippen molar-refractivity contribution in [3.05, 3.63) is 35.9 Å². The third kappa shape index (κ3) is 32.9. The highest BCUT2D eigenvalue weighted by atomic mass is 16.6. The van der Waals surface area contributed by atoms with Gasteiger partial charge in [-0.25, -0.2) is 9.59 Å². The van der Waals surface area contributed by atoms with Crippen LogP contribution < -0.4 is 37.2 Å². The standard InChI is InChI=1S/C56H91N7O17/c1-33(2)28-38(47(70)58-34(3)50(73)80-56(16,17)18)62-49(72)40(32-76-52(4,5)6)63-46(69)37(25-27-43(66)78-54(10,11)12)60-45(68)36(24-26-42(65)77-53(7,8)9)61-48(71)39(29-44(67)79-55(13,14)15)59-41(64)30-57-51(74)75-31-35-22-20-19-21-23-35/h19-23,33-34,36-40H,24-32H2,1-18H3,(H,57,74)(H,58,70)(H,59,64)(H,60,68)(H,61,71)(H,62,72)(H,63,69)/t34-,36-,37-,38-,39-,40-/m0/s1. The molecule has 0 unspecified atom stereocenters. The molecule has 0 fully saturated rings. The predicted octanol–water partition coefficient (Wildman–Crippen LogP) is 4.02. The van der Waals surface area contributed by atoms with Crippen molar-refractivity contribution < 1.29 is 81.2 Å². The number of ether oxygens (including phenoxy) is 6. The Labute approximate surface area is 471 Å². The van der Waals surface area contributed by atoms with E-state index < -0.39 is 175 Å². The van der Waals surface area contributed by atoms with E-state index in [1.54, 1.807) is 148 Å². The summed E-state index contributed by atoms with van der Waals surface area (Å²) in [5.41, 5.74) is -4.03. The van der Waals surface area contributed by atoms with E-state index in [9.17, 15) is 52.7 Å². The Hall–Kier alpha value is -6.85. The second-order valence-corrected chi connectivity index (χ2v) is 24.6. The Kier molecular flexibility index (Phi) is 28.3. The molecular formula is C56H91N7O17. The van der Waals surface area contributed by atoms with Crippen molar-refractivity contribution in [2.75, 3.05) is 13.2 Å². The molecule has 0 heterocycles. The van der Waals surface area contributed by atoms with Crippen LogP contribution in [0.25, 0.3) is 0 Å². The number of rotatable bonds is 28. The average molecular weight is 1130 g/mol. The number of hydrogen-bond donors (Lipinski definition) is 7. The molecule has 7 amide bonds. The lowest BCUT2D eigenvalue weighted by Gasteiger charge is -2.29. The molecule has 1 rings (SSSR count). The van der Waals surface area contributed by atoms with Gasteiger partial charge in [-0.3, -0.25) is 43.2 Å². The fraction of sp³-hybridized carbons (Fsp3) is 0.696. The number of hydrogen-bond acceptors (Lipinski definition) is 17. The number of carbonyl (C=O) groups excluding carboxylic acids is 11. The van der Waals surface area contributed by atoms with Crippen LogP contribution in [0.5, 0.6) is 0 Å². The average Bonchev–Trinajstić information content (AvgIpc) is 3.28. The van der Waals surface area contributed by atoms with Gasteiger partial charge in [0, 0.05) is 12.8 Å². The first-order valence-corrected chi connectivity index (χ1v) is 26.8. The Morgan fingerprint density at radius 3 is 1.32 bits per heavy atom. The van der Waals surface area contributed by atoms with Gasteiger partial charge in [-0.1, -0.05) is 44.2 Å². The first kappa shape index (κ1) is 71.2. The Balaban J connectivity index is 3.76. The molecule has 0 aliphatic heterocycles. The van der Waals surface area contributed by atoms with Crippen LogP contribution in [0.4, 0.5) is 4.79 Å². The molecule has 24 nitrogen and oxygen atoms in total. The van der Waals surface area contributed by atoms with Crippen molar-refractivity contribution >= 4 is 65.4 Å². The largest absolute Gasteiger partial charge is 0.460 e. The lowest BCUT2D eigenvalue weighted by Crippen LogP contribution is -2.60. The Morgan fingerprint density at radius 2 is 0.875 bits per heavy atom. The summed E-state index contributed by atoms with van der Waals surface area (Å²) in [5, 5.41) is 17.4. The molecular weight excluding hydrogens is 1040 g/mol. The van der Waals surface area contributed by atoms with Crippen LogP contribution in [-0.4, -0.2) is 143 Å². The van der Waals surface area contributed by atoms with Crippen LogP contribution in [0.15, 0.2) is 30.3 Å². The number of esters is 4. The third-order valence-corrected chi connectivity index (χ3v) is 10.2. The highest BCUT2D eigenvalue weighted by Gasteiger charge is 2.36. The zero-order valence-electron chi connectivity index (χ0n) is 50.2. The fourth-order valence-electron chi connectivity index (χ4n) is 6.85. The fourth-order valence-corrected chi connectivity index (χ4v) is 6.85. The number of carbonyl (C=O) groups is 11. The van der Waals surface area contributed by atoms with Gasteiger partial charge in [0.25, 0.3) is 0 Å². The maximum atomic E-state index is 14.6. The maximum absolute atomic E-state index is 14.6. The van der Waals surface area contributed by atoms with Crippen molar-refractivity contribution in [1.82, 2.24) is 37.2 Å². The SMILES string of the molecule is CC(C)C[C@H](NC(=O)[C@H](COC(C)(C)C)NC(=O)[C@H](CCC(=O)OC(C)(C)C)NC(=O)[C@H](CCC(=O)OC(C)(C)C)NC(=O)[C@H](CC(=O)OC(C)(C)C)NC(=O)CNC(=O)OCc1ccccc1)C(=O)N[C@@H](C)C(=O)OC(C)(C)C. The molecule has 6 atom stereocenters. The summed E-state index contributed by atoms with van der Waals surface area (Å²) in [6.07, 6.45) is -3.55. The van der Waals surface area contributed by atoms with E-state index in [2.05, 4.69) is 37.2 Å². The summed E-state index contributed by atoms with van der Waals surface area (Å²) < 4.78 is 32.8. The summed E-state index contributed by atoms with van der Waals surface area (Å²) in [7, 11) is 0. The summed E-state index contributed by atoms with van der Waals surface area (Å²) >= 11 is 0. The van der Waals surface area contributed by atoms with E-state index >= 15 is 0 Å². The minimum absolute atomic E-state index is 0.0907. The molecule has 0 saturated carbocycles. The van der Waals surface area contributed by atoms with Crippen molar-refractivity contribution in [2.45, 2.75) is 234 Å². The first-order chi connectivity index (χ1) is 36.5. The molecule has 0 aliphatic rings. The topological polar surface area (TPSA) is 327 Å². The Morgan fingerprint density at radius 1 is 0.463 bits per heavy atom. The monoisotopic (exact) mass is 1130 g/mol. The highest BCUT2D eigenvalue weighted by Crippen LogP contribution is 2.16. The lowest BCUT2D eigenvalue weighted by molar-refractivity contribution is -0.158. The van der Waals surface area contributed by atoms with E-state index in [-0.39, 0.29) is 18.9 Å². The normalized spacial score (nSPS) is 14.2. The van der Waals surface area contributed by atoms with Crippen LogP contribution in [0, 0.1) is 5.92 Å². The van der Waals surface area contributed by atoms with Gasteiger partial charge in [0.2, 0.25) is 35.4 Å². The van der Waals surface area contributed by atoms with Gasteiger partial charge in [-0.2, -0.15) is 0 Å². The van der Waals surface area contributed by atoms with Crippen molar-refractivity contribution in [3.63, 3.8) is 0 Å². The number of amides is 7. The predicted molar refractivity (Wildman–Crippen MR) is 294 cm³/mol. The van der Waals surface area contributed by atoms with Crippen molar-refractivity contribution in [2.24, 2.45) is 5.92 Å². The van der Waals surface area contributed by atoms with Gasteiger partial charge in [-0.15, -0.1) is 0 Å². The van der Waals surface area contributed by atoms with Gasteiger partial charge >= 0.3 is 30.0 Å². The molecule has 0 saturated heterocycles. The maximum Gasteiger partial charge on any atom is 0.407 e. The number of benzene rings is 1. The quantitative estimate of drug-likeness (QED) is 0.0460. The molecule has 7 N–H and O–H groups in total. The zero-order chi connectivity index (χ0) is 61.6. The molecule has 0 bridgehead atoms. The zero-order valence-corrected chi connectivity index (χ0v) is 50.2. The van der Waals surface area contributed by atoms with Gasteiger partial charge < -0.3 is 65.6 Å². The van der Waals surface area contributed by atoms with Crippen LogP contribution in [0.3, 0.4) is 0 Å². The summed E-state index contributed by atoms with van der Waals surface area (Å²) in [6.45, 7) is 28.2. The molecule has 0 radical (unpaired) electrons. The molecule has 0 aromatic heterocycles. The van der Waals surface area contributed by atoms with Gasteiger partial charge in [0.05, 0.1) is 18.6 Å². The van der Waals surface area contributed by atoms with Crippen molar-refractivity contribution in [1.29, 1.82) is 0 Å². The third-order valence-electron chi connectivity index (χ3n) is 10.2. The molecule has 0 aliphatic carbocycles. The number of nitrogens with one attached hydrogen (secondary N) is 7. The molecule has 80 heavy (non-hydrogen) atoms. The first-order valence-electron chi connectivity index (χ1n) is 26.8. The minimum Gasteiger partial charge on any atom is -0.460 e. The van der Waals surface area contributed by atoms with Crippen LogP contribution >= 0.6 is 0 Å². The van der Waals surface area contributed by atoms with Crippen LogP contribution in [0.1, 0.15) is 169 Å². The second kappa shape index (κ2) is 31.8. The number of alkyl carbamates (subject to hydrolysis) is 1. The van der Waals surface area contributed by atoms with E-state index in [4.69, 9.17) is 28.4 Å². The van der Waals surface area contributed by atoms with Crippen molar-refractivity contribution in [3.8, 4) is 0 Å². The second-order valence-electron chi connectivity index (χ2n) is 24.6. The van der Waals surface area contributed by atoms with E-state index in [1.165, 1.54) is 6.92 Å². The molecule has 1 aromatic rings. The van der Waals surface area contributed by atoms with E-state index in [0.29, 0.717) is 5.56 Å². The molecule has 24 heteroatoms. The molecule has 1 aromatic carbocycles. The van der Waals surface area contributed by atoms with Crippen LogP contribution in [-0.2, 0) is 83.0 Å².